The monoisotopic (exact) mass is 561 g/mol. The fourth-order valence-corrected chi connectivity index (χ4v) is 6.39. The van der Waals surface area contributed by atoms with E-state index in [-0.39, 0.29) is 55.2 Å². The zero-order valence-electron chi connectivity index (χ0n) is 20.8. The third-order valence-corrected chi connectivity index (χ3v) is 8.55. The second-order valence-corrected chi connectivity index (χ2v) is 11.2. The van der Waals surface area contributed by atoms with E-state index in [4.69, 9.17) is 23.2 Å². The van der Waals surface area contributed by atoms with Gasteiger partial charge in [-0.1, -0.05) is 23.2 Å². The first-order valence-corrected chi connectivity index (χ1v) is 13.3. The van der Waals surface area contributed by atoms with Crippen LogP contribution in [0.2, 0.25) is 10.2 Å². The number of anilines is 1. The van der Waals surface area contributed by atoms with Crippen molar-refractivity contribution in [1.82, 2.24) is 14.5 Å². The molecule has 1 aliphatic carbocycles. The molecule has 2 fully saturated rings. The van der Waals surface area contributed by atoms with E-state index in [1.807, 2.05) is 11.0 Å². The van der Waals surface area contributed by atoms with Crippen LogP contribution in [0.3, 0.4) is 0 Å². The third kappa shape index (κ3) is 4.86. The minimum Gasteiger partial charge on any atom is -0.389 e. The number of halogens is 4. The number of aromatic nitrogens is 3. The number of aryl methyl sites for hydroxylation is 1. The van der Waals surface area contributed by atoms with Crippen molar-refractivity contribution in [3.05, 3.63) is 62.2 Å². The summed E-state index contributed by atoms with van der Waals surface area (Å²) in [6, 6.07) is 8.78. The molecule has 200 valence electrons. The average molecular weight is 562 g/mol. The van der Waals surface area contributed by atoms with Gasteiger partial charge in [0.2, 0.25) is 5.92 Å². The number of fused-ring (bicyclic) bond motifs is 1. The van der Waals surface area contributed by atoms with Crippen LogP contribution in [-0.2, 0) is 7.05 Å². The Bertz CT molecular complexity index is 1450. The predicted octanol–water partition coefficient (Wildman–Crippen LogP) is 5.45. The van der Waals surface area contributed by atoms with Gasteiger partial charge < -0.3 is 14.6 Å². The summed E-state index contributed by atoms with van der Waals surface area (Å²) in [6.07, 6.45) is 2.22. The lowest BCUT2D eigenvalue weighted by molar-refractivity contribution is -0.0768. The Hall–Kier alpha value is -2.80. The van der Waals surface area contributed by atoms with Crippen molar-refractivity contribution >= 4 is 39.9 Å². The number of hydrogen-bond donors (Lipinski definition) is 1. The highest BCUT2D eigenvalue weighted by Crippen LogP contribution is 2.49. The number of rotatable bonds is 4. The van der Waals surface area contributed by atoms with Crippen LogP contribution in [0.4, 0.5) is 14.5 Å². The van der Waals surface area contributed by atoms with Crippen LogP contribution in [-0.4, -0.2) is 44.3 Å². The first-order valence-electron chi connectivity index (χ1n) is 12.6. The summed E-state index contributed by atoms with van der Waals surface area (Å²) < 4.78 is 29.4. The zero-order chi connectivity index (χ0) is 27.2. The highest BCUT2D eigenvalue weighted by Gasteiger charge is 2.48. The molecule has 5 rings (SSSR count). The van der Waals surface area contributed by atoms with E-state index in [2.05, 4.69) is 9.97 Å². The molecule has 0 radical (unpaired) electrons. The molecule has 1 saturated carbocycles. The summed E-state index contributed by atoms with van der Waals surface area (Å²) in [5.41, 5.74) is 0.311. The molecule has 0 aromatic carbocycles. The van der Waals surface area contributed by atoms with Crippen LogP contribution >= 0.6 is 23.2 Å². The lowest BCUT2D eigenvalue weighted by Gasteiger charge is -2.47. The third-order valence-electron chi connectivity index (χ3n) is 8.12. The van der Waals surface area contributed by atoms with E-state index in [9.17, 15) is 23.9 Å². The highest BCUT2D eigenvalue weighted by molar-refractivity contribution is 6.30. The summed E-state index contributed by atoms with van der Waals surface area (Å²) in [6.45, 7) is 0.656. The smallest absolute Gasteiger partial charge is 0.270 e. The molecule has 0 spiro atoms. The molecule has 1 N–H and O–H groups in total. The van der Waals surface area contributed by atoms with Crippen molar-refractivity contribution in [3.63, 3.8) is 0 Å². The van der Waals surface area contributed by atoms with E-state index >= 15 is 0 Å². The molecule has 3 aromatic heterocycles. The van der Waals surface area contributed by atoms with Crippen LogP contribution in [0.5, 0.6) is 0 Å². The summed E-state index contributed by atoms with van der Waals surface area (Å²) in [5.74, 6) is -3.32. The average Bonchev–Trinajstić information content (AvgIpc) is 2.89. The Morgan fingerprint density at radius 2 is 1.82 bits per heavy atom. The molecule has 1 saturated heterocycles. The standard InChI is InChI=1S/C27H27Cl2F2N5O2/c1-35-20-4-5-21(29)34-23(20)24(18(14-32)25(35)37)36-12-10-26(38,11-13-36)22(19-3-2-17(28)15-33-19)16-6-8-27(30,31)9-7-16/h2-5,15-16,22,38H,6-13H2,1H3/t22-/m1/s1. The molecule has 1 atom stereocenters. The molecule has 0 unspecified atom stereocenters. The molecule has 7 nitrogen and oxygen atoms in total. The van der Waals surface area contributed by atoms with Crippen molar-refractivity contribution in [1.29, 1.82) is 5.26 Å². The SMILES string of the molecule is Cn1c(=O)c(C#N)c(N2CCC(O)([C@@H](c3ccc(Cl)cn3)C3CCC(F)(F)CC3)CC2)c2nc(Cl)ccc21. The number of hydrogen-bond acceptors (Lipinski definition) is 6. The molecule has 0 amide bonds. The number of piperidine rings is 1. The minimum atomic E-state index is -2.69. The summed E-state index contributed by atoms with van der Waals surface area (Å²) in [7, 11) is 1.58. The Morgan fingerprint density at radius 3 is 2.42 bits per heavy atom. The van der Waals surface area contributed by atoms with Gasteiger partial charge in [0, 0.05) is 50.8 Å². The Kier molecular flexibility index (Phi) is 7.10. The molecule has 4 heterocycles. The van der Waals surface area contributed by atoms with Gasteiger partial charge >= 0.3 is 0 Å². The number of nitrogens with zero attached hydrogens (tertiary/aromatic N) is 5. The molecule has 2 aliphatic rings. The van der Waals surface area contributed by atoms with Crippen LogP contribution in [0, 0.1) is 17.2 Å². The fourth-order valence-electron chi connectivity index (χ4n) is 6.13. The molecular formula is C27H27Cl2F2N5O2. The molecule has 1 aliphatic heterocycles. The van der Waals surface area contributed by atoms with E-state index in [1.165, 1.54) is 10.8 Å². The van der Waals surface area contributed by atoms with Gasteiger partial charge in [0.1, 0.15) is 22.3 Å². The van der Waals surface area contributed by atoms with Crippen LogP contribution in [0.15, 0.2) is 35.3 Å². The van der Waals surface area contributed by atoms with Crippen molar-refractivity contribution in [3.8, 4) is 6.07 Å². The normalized spacial score (nSPS) is 20.3. The number of aliphatic hydroxyl groups is 1. The Morgan fingerprint density at radius 1 is 1.13 bits per heavy atom. The second-order valence-electron chi connectivity index (χ2n) is 10.4. The van der Waals surface area contributed by atoms with Gasteiger partial charge in [-0.3, -0.25) is 9.78 Å². The van der Waals surface area contributed by atoms with Gasteiger partial charge in [-0.25, -0.2) is 13.8 Å². The molecular weight excluding hydrogens is 535 g/mol. The Labute approximate surface area is 228 Å². The van der Waals surface area contributed by atoms with Crippen molar-refractivity contribution in [2.45, 2.75) is 56.0 Å². The van der Waals surface area contributed by atoms with Gasteiger partial charge in [0.25, 0.3) is 5.56 Å². The van der Waals surface area contributed by atoms with Gasteiger partial charge in [-0.05, 0) is 55.9 Å². The van der Waals surface area contributed by atoms with E-state index in [1.54, 1.807) is 31.3 Å². The largest absolute Gasteiger partial charge is 0.389 e. The minimum absolute atomic E-state index is 0.0364. The van der Waals surface area contributed by atoms with Crippen LogP contribution < -0.4 is 10.5 Å². The summed E-state index contributed by atoms with van der Waals surface area (Å²) >= 11 is 12.2. The fraction of sp³-hybridized carbons (Fsp3) is 0.481. The number of alkyl halides is 2. The highest BCUT2D eigenvalue weighted by atomic mass is 35.5. The van der Waals surface area contributed by atoms with Gasteiger partial charge in [0.05, 0.1) is 21.8 Å². The maximum atomic E-state index is 14.0. The Balaban J connectivity index is 1.50. The topological polar surface area (TPSA) is 95.0 Å². The summed E-state index contributed by atoms with van der Waals surface area (Å²) in [4.78, 5) is 23.8. The molecule has 0 bridgehead atoms. The number of pyridine rings is 3. The van der Waals surface area contributed by atoms with Crippen LogP contribution in [0.1, 0.15) is 55.7 Å². The summed E-state index contributed by atoms with van der Waals surface area (Å²) in [5, 5.41) is 22.6. The van der Waals surface area contributed by atoms with Crippen molar-refractivity contribution < 1.29 is 13.9 Å². The predicted molar refractivity (Wildman–Crippen MR) is 142 cm³/mol. The van der Waals surface area contributed by atoms with Crippen molar-refractivity contribution in [2.75, 3.05) is 18.0 Å². The molecule has 3 aromatic rings. The first kappa shape index (κ1) is 26.8. The molecule has 38 heavy (non-hydrogen) atoms. The number of nitriles is 1. The first-order chi connectivity index (χ1) is 18.0. The maximum absolute atomic E-state index is 14.0. The maximum Gasteiger partial charge on any atom is 0.270 e. The van der Waals surface area contributed by atoms with E-state index in [0.717, 1.165) is 0 Å². The van der Waals surface area contributed by atoms with Crippen molar-refractivity contribution in [2.24, 2.45) is 13.0 Å². The van der Waals surface area contributed by atoms with Gasteiger partial charge in [-0.2, -0.15) is 5.26 Å². The lowest BCUT2D eigenvalue weighted by atomic mass is 9.66. The second kappa shape index (κ2) is 10.1. The quantitative estimate of drug-likeness (QED) is 0.426. The molecule has 11 heteroatoms. The van der Waals surface area contributed by atoms with E-state index in [0.29, 0.717) is 40.5 Å². The lowest BCUT2D eigenvalue weighted by Crippen LogP contribution is -2.51. The van der Waals surface area contributed by atoms with E-state index < -0.39 is 23.0 Å². The van der Waals surface area contributed by atoms with Crippen LogP contribution in [0.25, 0.3) is 11.0 Å². The van der Waals surface area contributed by atoms with Gasteiger partial charge in [-0.15, -0.1) is 0 Å². The van der Waals surface area contributed by atoms with Gasteiger partial charge in [0.15, 0.2) is 0 Å². The zero-order valence-corrected chi connectivity index (χ0v) is 22.3.